The molecule has 1 aliphatic rings. The van der Waals surface area contributed by atoms with E-state index < -0.39 is 0 Å². The van der Waals surface area contributed by atoms with Gasteiger partial charge < -0.3 is 9.84 Å². The first-order valence-electron chi connectivity index (χ1n) is 8.32. The Labute approximate surface area is 153 Å². The third-order valence-corrected chi connectivity index (χ3v) is 4.41. The molecule has 1 aromatic heterocycles. The molecule has 0 amide bonds. The minimum atomic E-state index is -0.250. The van der Waals surface area contributed by atoms with Gasteiger partial charge in [-0.05, 0) is 55.6 Å². The van der Waals surface area contributed by atoms with E-state index in [4.69, 9.17) is 26.2 Å². The smallest absolute Gasteiger partial charge is 0.290 e. The standard InChI is InChI=1S/C18H21ClN2O.CH2O2/c1-2-22-18-8-7-14(11-16(18)19)13-21-10-4-6-17(21)15-5-3-9-20-12-15;2-1-3/h3,5,7-9,11-12,17H,2,4,6,10,13H2,1H3;1H,(H,2,3). The molecule has 6 heteroatoms. The van der Waals surface area contributed by atoms with Gasteiger partial charge in [0, 0.05) is 25.0 Å². The fraction of sp³-hybridized carbons (Fsp3) is 0.368. The molecule has 0 aliphatic carbocycles. The summed E-state index contributed by atoms with van der Waals surface area (Å²) in [5.74, 6) is 0.762. The van der Waals surface area contributed by atoms with Crippen LogP contribution in [0.1, 0.15) is 36.9 Å². The number of halogens is 1. The first kappa shape index (κ1) is 19.2. The maximum atomic E-state index is 8.36. The largest absolute Gasteiger partial charge is 0.492 e. The number of aromatic nitrogens is 1. The molecular formula is C19H23ClN2O3. The quantitative estimate of drug-likeness (QED) is 0.809. The first-order valence-corrected chi connectivity index (χ1v) is 8.70. The highest BCUT2D eigenvalue weighted by atomic mass is 35.5. The van der Waals surface area contributed by atoms with Crippen LogP contribution in [0.25, 0.3) is 0 Å². The summed E-state index contributed by atoms with van der Waals surface area (Å²) in [4.78, 5) is 15.1. The zero-order valence-electron chi connectivity index (χ0n) is 14.3. The van der Waals surface area contributed by atoms with E-state index in [9.17, 15) is 0 Å². The second-order valence-corrected chi connectivity index (χ2v) is 6.13. The van der Waals surface area contributed by atoms with Gasteiger partial charge in [-0.15, -0.1) is 0 Å². The van der Waals surface area contributed by atoms with Crippen molar-refractivity contribution in [2.75, 3.05) is 13.2 Å². The molecule has 0 saturated carbocycles. The van der Waals surface area contributed by atoms with Gasteiger partial charge in [0.2, 0.25) is 0 Å². The molecule has 134 valence electrons. The molecule has 1 saturated heterocycles. The molecule has 1 atom stereocenters. The van der Waals surface area contributed by atoms with Crippen LogP contribution in [-0.4, -0.2) is 34.6 Å². The average molecular weight is 363 g/mol. The van der Waals surface area contributed by atoms with E-state index in [0.717, 1.165) is 18.8 Å². The summed E-state index contributed by atoms with van der Waals surface area (Å²) in [6, 6.07) is 10.7. The molecule has 0 bridgehead atoms. The maximum Gasteiger partial charge on any atom is 0.290 e. The Morgan fingerprint density at radius 1 is 1.44 bits per heavy atom. The first-order chi connectivity index (χ1) is 12.2. The molecule has 2 aromatic rings. The summed E-state index contributed by atoms with van der Waals surface area (Å²) >= 11 is 6.29. The van der Waals surface area contributed by atoms with E-state index in [1.165, 1.54) is 24.0 Å². The normalized spacial score (nSPS) is 16.8. The van der Waals surface area contributed by atoms with Crippen LogP contribution in [0.15, 0.2) is 42.7 Å². The molecule has 0 radical (unpaired) electrons. The second-order valence-electron chi connectivity index (χ2n) is 5.72. The second kappa shape index (κ2) is 10.0. The summed E-state index contributed by atoms with van der Waals surface area (Å²) in [6.45, 7) is 4.37. The lowest BCUT2D eigenvalue weighted by Gasteiger charge is -2.24. The van der Waals surface area contributed by atoms with Crippen molar-refractivity contribution in [3.63, 3.8) is 0 Å². The van der Waals surface area contributed by atoms with E-state index in [2.05, 4.69) is 22.0 Å². The van der Waals surface area contributed by atoms with Gasteiger partial charge in [0.05, 0.1) is 11.6 Å². The molecule has 2 heterocycles. The van der Waals surface area contributed by atoms with E-state index in [-0.39, 0.29) is 6.47 Å². The third-order valence-electron chi connectivity index (χ3n) is 4.11. The third kappa shape index (κ3) is 5.44. The van der Waals surface area contributed by atoms with Crippen LogP contribution in [-0.2, 0) is 11.3 Å². The number of hydrogen-bond donors (Lipinski definition) is 1. The van der Waals surface area contributed by atoms with Crippen LogP contribution in [0.4, 0.5) is 0 Å². The van der Waals surface area contributed by atoms with E-state index in [1.54, 1.807) is 0 Å². The van der Waals surface area contributed by atoms with Crippen molar-refractivity contribution in [3.05, 3.63) is 58.9 Å². The molecule has 1 fully saturated rings. The molecule has 1 N–H and O–H groups in total. The van der Waals surface area contributed by atoms with Gasteiger partial charge in [0.25, 0.3) is 6.47 Å². The van der Waals surface area contributed by atoms with Gasteiger partial charge in [-0.1, -0.05) is 23.7 Å². The van der Waals surface area contributed by atoms with Gasteiger partial charge in [0.15, 0.2) is 0 Å². The summed E-state index contributed by atoms with van der Waals surface area (Å²) in [6.07, 6.45) is 6.23. The van der Waals surface area contributed by atoms with Crippen molar-refractivity contribution in [3.8, 4) is 5.75 Å². The van der Waals surface area contributed by atoms with Crippen molar-refractivity contribution < 1.29 is 14.6 Å². The fourth-order valence-electron chi connectivity index (χ4n) is 3.12. The number of carboxylic acid groups (broad SMARTS) is 1. The summed E-state index contributed by atoms with van der Waals surface area (Å²) in [5, 5.41) is 7.58. The summed E-state index contributed by atoms with van der Waals surface area (Å²) in [7, 11) is 0. The molecule has 5 nitrogen and oxygen atoms in total. The maximum absolute atomic E-state index is 8.36. The molecule has 1 unspecified atom stereocenters. The van der Waals surface area contributed by atoms with Gasteiger partial charge in [0.1, 0.15) is 5.75 Å². The monoisotopic (exact) mass is 362 g/mol. The van der Waals surface area contributed by atoms with Crippen LogP contribution in [0.2, 0.25) is 5.02 Å². The molecule has 3 rings (SSSR count). The van der Waals surface area contributed by atoms with Crippen LogP contribution < -0.4 is 4.74 Å². The van der Waals surface area contributed by atoms with Gasteiger partial charge in [-0.25, -0.2) is 0 Å². The van der Waals surface area contributed by atoms with Crippen LogP contribution in [0, 0.1) is 0 Å². The Morgan fingerprint density at radius 2 is 2.24 bits per heavy atom. The topological polar surface area (TPSA) is 62.7 Å². The number of hydrogen-bond acceptors (Lipinski definition) is 4. The zero-order valence-corrected chi connectivity index (χ0v) is 15.0. The number of benzene rings is 1. The Bertz CT molecular complexity index is 667. The number of nitrogens with zero attached hydrogens (tertiary/aromatic N) is 2. The van der Waals surface area contributed by atoms with Crippen molar-refractivity contribution in [2.45, 2.75) is 32.4 Å². The van der Waals surface area contributed by atoms with Crippen LogP contribution in [0.3, 0.4) is 0 Å². The Hall–Kier alpha value is -2.11. The predicted octanol–water partition coefficient (Wildman–Crippen LogP) is 4.17. The van der Waals surface area contributed by atoms with Crippen molar-refractivity contribution >= 4 is 18.1 Å². The fourth-order valence-corrected chi connectivity index (χ4v) is 3.37. The number of pyridine rings is 1. The number of carbonyl (C=O) groups is 1. The predicted molar refractivity (Wildman–Crippen MR) is 97.9 cm³/mol. The molecule has 1 aromatic carbocycles. The van der Waals surface area contributed by atoms with Crippen LogP contribution >= 0.6 is 11.6 Å². The summed E-state index contributed by atoms with van der Waals surface area (Å²) in [5.41, 5.74) is 2.53. The zero-order chi connectivity index (χ0) is 18.1. The highest BCUT2D eigenvalue weighted by Crippen LogP contribution is 2.34. The Kier molecular flexibility index (Phi) is 7.70. The van der Waals surface area contributed by atoms with Gasteiger partial charge >= 0.3 is 0 Å². The lowest BCUT2D eigenvalue weighted by Crippen LogP contribution is -2.22. The molecule has 25 heavy (non-hydrogen) atoms. The Balaban J connectivity index is 0.000000701. The van der Waals surface area contributed by atoms with Gasteiger partial charge in [-0.3, -0.25) is 14.7 Å². The van der Waals surface area contributed by atoms with Crippen molar-refractivity contribution in [2.24, 2.45) is 0 Å². The lowest BCUT2D eigenvalue weighted by atomic mass is 10.1. The van der Waals surface area contributed by atoms with E-state index >= 15 is 0 Å². The molecule has 1 aliphatic heterocycles. The van der Waals surface area contributed by atoms with Crippen LogP contribution in [0.5, 0.6) is 5.75 Å². The van der Waals surface area contributed by atoms with Gasteiger partial charge in [-0.2, -0.15) is 0 Å². The van der Waals surface area contributed by atoms with Crippen molar-refractivity contribution in [1.29, 1.82) is 0 Å². The van der Waals surface area contributed by atoms with E-state index in [1.807, 2.05) is 37.5 Å². The lowest BCUT2D eigenvalue weighted by molar-refractivity contribution is -0.122. The summed E-state index contributed by atoms with van der Waals surface area (Å²) < 4.78 is 5.50. The number of ether oxygens (including phenoxy) is 1. The number of rotatable bonds is 5. The van der Waals surface area contributed by atoms with E-state index in [0.29, 0.717) is 17.7 Å². The van der Waals surface area contributed by atoms with Crippen molar-refractivity contribution in [1.82, 2.24) is 9.88 Å². The number of likely N-dealkylation sites (tertiary alicyclic amines) is 1. The minimum absolute atomic E-state index is 0.250. The molecule has 0 spiro atoms. The Morgan fingerprint density at radius 3 is 2.88 bits per heavy atom. The average Bonchev–Trinajstić information content (AvgIpc) is 3.07. The minimum Gasteiger partial charge on any atom is -0.492 e. The SMILES string of the molecule is CCOc1ccc(CN2CCCC2c2cccnc2)cc1Cl.O=CO. The molecular weight excluding hydrogens is 340 g/mol. The highest BCUT2D eigenvalue weighted by Gasteiger charge is 2.26. The highest BCUT2D eigenvalue weighted by molar-refractivity contribution is 6.32.